The molecule has 230 valence electrons. The smallest absolute Gasteiger partial charge is 0.318 e. The molecule has 4 heterocycles. The Balaban J connectivity index is 1.30. The number of hydrogen-bond donors (Lipinski definition) is 0. The second-order valence-corrected chi connectivity index (χ2v) is 12.6. The maximum atomic E-state index is 12.6. The normalized spacial score (nSPS) is 21.9. The van der Waals surface area contributed by atoms with Crippen molar-refractivity contribution in [1.82, 2.24) is 19.8 Å². The van der Waals surface area contributed by atoms with Gasteiger partial charge in [-0.3, -0.25) is 9.69 Å². The molecular weight excluding hydrogens is 554 g/mol. The highest BCUT2D eigenvalue weighted by Crippen LogP contribution is 2.35. The van der Waals surface area contributed by atoms with Gasteiger partial charge in [-0.2, -0.15) is 15.2 Å². The van der Waals surface area contributed by atoms with E-state index in [-0.39, 0.29) is 30.0 Å². The number of fused-ring (bicyclic) bond motifs is 2. The Morgan fingerprint density at radius 2 is 1.95 bits per heavy atom. The van der Waals surface area contributed by atoms with E-state index in [0.29, 0.717) is 45.4 Å². The predicted molar refractivity (Wildman–Crippen MR) is 171 cm³/mol. The molecule has 0 spiro atoms. The van der Waals surface area contributed by atoms with Gasteiger partial charge < -0.3 is 24.2 Å². The molecule has 0 bridgehead atoms. The van der Waals surface area contributed by atoms with Crippen molar-refractivity contribution in [3.05, 3.63) is 66.4 Å². The van der Waals surface area contributed by atoms with Crippen LogP contribution >= 0.6 is 0 Å². The fourth-order valence-electron chi connectivity index (χ4n) is 6.45. The van der Waals surface area contributed by atoms with Gasteiger partial charge in [0, 0.05) is 54.9 Å². The van der Waals surface area contributed by atoms with E-state index in [9.17, 15) is 10.1 Å². The number of anilines is 2. The lowest BCUT2D eigenvalue weighted by atomic mass is 10.0. The van der Waals surface area contributed by atoms with Crippen LogP contribution in [0, 0.1) is 11.3 Å². The summed E-state index contributed by atoms with van der Waals surface area (Å²) in [7, 11) is 2.11. The minimum atomic E-state index is -0.250. The first-order chi connectivity index (χ1) is 21.3. The molecule has 2 fully saturated rings. The largest absolute Gasteiger partial charge is 0.461 e. The first kappa shape index (κ1) is 29.9. The molecule has 10 heteroatoms. The van der Waals surface area contributed by atoms with Gasteiger partial charge in [0.15, 0.2) is 0 Å². The Morgan fingerprint density at radius 1 is 1.14 bits per heavy atom. The minimum absolute atomic E-state index is 0.0217. The summed E-state index contributed by atoms with van der Waals surface area (Å²) in [6.07, 6.45) is 2.25. The summed E-state index contributed by atoms with van der Waals surface area (Å²) >= 11 is 0. The number of morpholine rings is 1. The van der Waals surface area contributed by atoms with Crippen molar-refractivity contribution >= 4 is 28.2 Å². The van der Waals surface area contributed by atoms with Crippen LogP contribution in [0.5, 0.6) is 6.01 Å². The number of nitrogens with zero attached hydrogens (tertiary/aromatic N) is 7. The number of carbonyl (C=O) groups excluding carboxylic acids is 1. The summed E-state index contributed by atoms with van der Waals surface area (Å²) < 4.78 is 12.4. The van der Waals surface area contributed by atoms with Gasteiger partial charge in [0.1, 0.15) is 18.5 Å². The number of carbonyl (C=O) groups is 1. The number of ether oxygens (including phenoxy) is 2. The molecule has 10 nitrogen and oxygen atoms in total. The predicted octanol–water partition coefficient (Wildman–Crippen LogP) is 3.80. The standard InChI is InChI=1S/C34H41N7O3/c1-5-31(42)41-18-17-40(19-25(41)13-15-35)32-28-14-16-39(30-12-8-10-24-9-6-7-11-27(24)30)21-29(28)36-33(37-32)43-22-26-20-38(4)34(2,3)23-44-26/h5-12,25-26H,1,13-14,16-23H2,2-4H3/t25-,26+/m0/s1. The van der Waals surface area contributed by atoms with Crippen molar-refractivity contribution in [3.63, 3.8) is 0 Å². The maximum Gasteiger partial charge on any atom is 0.318 e. The van der Waals surface area contributed by atoms with Crippen molar-refractivity contribution in [2.75, 3.05) is 62.8 Å². The number of hydrogen-bond acceptors (Lipinski definition) is 9. The van der Waals surface area contributed by atoms with Crippen LogP contribution in [0.25, 0.3) is 10.8 Å². The van der Waals surface area contributed by atoms with Crippen LogP contribution in [-0.2, 0) is 22.5 Å². The van der Waals surface area contributed by atoms with Crippen molar-refractivity contribution in [2.45, 2.75) is 50.9 Å². The quantitative estimate of drug-likeness (QED) is 0.378. The topological polar surface area (TPSA) is 98.1 Å². The Bertz CT molecular complexity index is 1580. The number of rotatable bonds is 7. The number of piperazine rings is 1. The summed E-state index contributed by atoms with van der Waals surface area (Å²) in [6, 6.07) is 17.2. The van der Waals surface area contributed by atoms with Crippen molar-refractivity contribution < 1.29 is 14.3 Å². The highest BCUT2D eigenvalue weighted by molar-refractivity contribution is 5.94. The van der Waals surface area contributed by atoms with Gasteiger partial charge in [-0.05, 0) is 44.8 Å². The molecule has 0 aliphatic carbocycles. The average molecular weight is 596 g/mol. The number of nitriles is 1. The van der Waals surface area contributed by atoms with Crippen molar-refractivity contribution in [2.24, 2.45) is 0 Å². The van der Waals surface area contributed by atoms with E-state index in [2.05, 4.69) is 90.7 Å². The first-order valence-corrected chi connectivity index (χ1v) is 15.4. The first-order valence-electron chi connectivity index (χ1n) is 15.4. The molecule has 2 atom stereocenters. The second-order valence-electron chi connectivity index (χ2n) is 12.6. The van der Waals surface area contributed by atoms with Gasteiger partial charge in [0.05, 0.1) is 37.4 Å². The third kappa shape index (κ3) is 5.94. The fourth-order valence-corrected chi connectivity index (χ4v) is 6.45. The molecule has 6 rings (SSSR count). The van der Waals surface area contributed by atoms with E-state index >= 15 is 0 Å². The van der Waals surface area contributed by atoms with E-state index < -0.39 is 0 Å². The van der Waals surface area contributed by atoms with Crippen LogP contribution in [0.2, 0.25) is 0 Å². The molecular formula is C34H41N7O3. The summed E-state index contributed by atoms with van der Waals surface area (Å²) in [5.74, 6) is 0.684. The second kappa shape index (κ2) is 12.4. The lowest BCUT2D eigenvalue weighted by Gasteiger charge is -2.43. The summed E-state index contributed by atoms with van der Waals surface area (Å²) in [5.41, 5.74) is 3.20. The lowest BCUT2D eigenvalue weighted by Crippen LogP contribution is -2.55. The summed E-state index contributed by atoms with van der Waals surface area (Å²) in [6.45, 7) is 12.8. The van der Waals surface area contributed by atoms with Gasteiger partial charge in [-0.15, -0.1) is 0 Å². The molecule has 0 unspecified atom stereocenters. The molecule has 2 aromatic carbocycles. The Morgan fingerprint density at radius 3 is 2.75 bits per heavy atom. The molecule has 3 aliphatic rings. The third-order valence-electron chi connectivity index (χ3n) is 9.28. The highest BCUT2D eigenvalue weighted by atomic mass is 16.5. The number of likely N-dealkylation sites (N-methyl/N-ethyl adjacent to an activating group) is 1. The summed E-state index contributed by atoms with van der Waals surface area (Å²) in [5, 5.41) is 12.0. The van der Waals surface area contributed by atoms with E-state index in [1.165, 1.54) is 22.5 Å². The van der Waals surface area contributed by atoms with E-state index in [1.807, 2.05) is 0 Å². The monoisotopic (exact) mass is 595 g/mol. The molecule has 0 radical (unpaired) electrons. The van der Waals surface area contributed by atoms with Crippen LogP contribution in [0.15, 0.2) is 55.1 Å². The molecule has 2 saturated heterocycles. The zero-order chi connectivity index (χ0) is 30.8. The third-order valence-corrected chi connectivity index (χ3v) is 9.28. The number of benzene rings is 2. The van der Waals surface area contributed by atoms with Crippen LogP contribution in [0.3, 0.4) is 0 Å². The molecule has 44 heavy (non-hydrogen) atoms. The number of aromatic nitrogens is 2. The van der Waals surface area contributed by atoms with Crippen molar-refractivity contribution in [1.29, 1.82) is 5.26 Å². The molecule has 1 aromatic heterocycles. The highest BCUT2D eigenvalue weighted by Gasteiger charge is 2.35. The molecule has 3 aromatic rings. The fraction of sp³-hybridized carbons (Fsp3) is 0.471. The zero-order valence-corrected chi connectivity index (χ0v) is 25.9. The molecule has 3 aliphatic heterocycles. The molecule has 0 saturated carbocycles. The average Bonchev–Trinajstić information content (AvgIpc) is 3.04. The Labute approximate surface area is 259 Å². The van der Waals surface area contributed by atoms with Gasteiger partial charge >= 0.3 is 6.01 Å². The van der Waals surface area contributed by atoms with Crippen molar-refractivity contribution in [3.8, 4) is 12.1 Å². The van der Waals surface area contributed by atoms with E-state index in [1.54, 1.807) is 4.90 Å². The van der Waals surface area contributed by atoms with E-state index in [4.69, 9.17) is 19.4 Å². The van der Waals surface area contributed by atoms with Crippen LogP contribution in [0.1, 0.15) is 31.5 Å². The summed E-state index contributed by atoms with van der Waals surface area (Å²) in [4.78, 5) is 31.1. The van der Waals surface area contributed by atoms with Gasteiger partial charge in [0.25, 0.3) is 0 Å². The Kier molecular flexibility index (Phi) is 8.43. The molecule has 0 N–H and O–H groups in total. The van der Waals surface area contributed by atoms with Crippen LogP contribution in [-0.4, -0.2) is 96.3 Å². The van der Waals surface area contributed by atoms with E-state index in [0.717, 1.165) is 36.6 Å². The lowest BCUT2D eigenvalue weighted by molar-refractivity contribution is -0.128. The number of amides is 1. The minimum Gasteiger partial charge on any atom is -0.461 e. The van der Waals surface area contributed by atoms with Gasteiger partial charge in [-0.1, -0.05) is 43.0 Å². The van der Waals surface area contributed by atoms with Gasteiger partial charge in [0.2, 0.25) is 5.91 Å². The van der Waals surface area contributed by atoms with Crippen LogP contribution in [0.4, 0.5) is 11.5 Å². The molecule has 1 amide bonds. The SMILES string of the molecule is C=CC(=O)N1CCN(c2nc(OC[C@H]3CN(C)C(C)(C)CO3)nc3c2CCN(c2cccc4ccccc24)C3)C[C@@H]1CC#N. The Hall–Kier alpha value is -4.20. The zero-order valence-electron chi connectivity index (χ0n) is 25.9. The van der Waals surface area contributed by atoms with Gasteiger partial charge in [-0.25, -0.2) is 0 Å². The maximum absolute atomic E-state index is 12.6. The van der Waals surface area contributed by atoms with Crippen LogP contribution < -0.4 is 14.5 Å².